The quantitative estimate of drug-likeness (QED) is 0.448. The summed E-state index contributed by atoms with van der Waals surface area (Å²) in [6.45, 7) is 1.11. The molecule has 0 atom stereocenters. The largest absolute Gasteiger partial charge is 0.455 e. The molecule has 3 aromatic rings. The molecule has 0 fully saturated rings. The van der Waals surface area contributed by atoms with Crippen LogP contribution in [0.5, 0.6) is 0 Å². The number of fused-ring (bicyclic) bond motifs is 1. The van der Waals surface area contributed by atoms with Crippen molar-refractivity contribution in [3.63, 3.8) is 0 Å². The van der Waals surface area contributed by atoms with E-state index in [1.807, 2.05) is 79.8 Å². The lowest BCUT2D eigenvalue weighted by Crippen LogP contribution is -2.31. The Hall–Kier alpha value is -3.34. The van der Waals surface area contributed by atoms with Gasteiger partial charge in [-0.3, -0.25) is 9.59 Å². The first kappa shape index (κ1) is 20.4. The molecule has 3 rings (SSSR count). The van der Waals surface area contributed by atoms with E-state index < -0.39 is 5.97 Å². The Morgan fingerprint density at radius 1 is 0.931 bits per heavy atom. The third-order valence-electron chi connectivity index (χ3n) is 4.77. The number of hydrogen-bond acceptors (Lipinski definition) is 4. The fourth-order valence-corrected chi connectivity index (χ4v) is 3.21. The van der Waals surface area contributed by atoms with Crippen LogP contribution in [-0.2, 0) is 20.7 Å². The van der Waals surface area contributed by atoms with E-state index in [-0.39, 0.29) is 18.9 Å². The predicted molar refractivity (Wildman–Crippen MR) is 116 cm³/mol. The molecule has 29 heavy (non-hydrogen) atoms. The van der Waals surface area contributed by atoms with E-state index in [1.54, 1.807) is 0 Å². The first-order chi connectivity index (χ1) is 14.1. The number of nitrogens with zero attached hydrogens (tertiary/aromatic N) is 1. The van der Waals surface area contributed by atoms with Gasteiger partial charge in [-0.2, -0.15) is 0 Å². The van der Waals surface area contributed by atoms with E-state index in [0.717, 1.165) is 35.0 Å². The van der Waals surface area contributed by atoms with Crippen LogP contribution in [0.15, 0.2) is 72.8 Å². The highest BCUT2D eigenvalue weighted by atomic mass is 16.5. The number of para-hydroxylation sites is 1. The fraction of sp³-hybridized carbons (Fsp3) is 0.250. The molecule has 1 amide bonds. The minimum Gasteiger partial charge on any atom is -0.455 e. The smallest absolute Gasteiger partial charge is 0.310 e. The molecule has 0 unspecified atom stereocenters. The van der Waals surface area contributed by atoms with Crippen molar-refractivity contribution in [2.75, 3.05) is 31.6 Å². The summed E-state index contributed by atoms with van der Waals surface area (Å²) >= 11 is 0. The zero-order valence-corrected chi connectivity index (χ0v) is 16.6. The number of anilines is 1. The van der Waals surface area contributed by atoms with E-state index in [0.29, 0.717) is 6.54 Å². The standard InChI is InChI=1S/C24H26N2O3/c1-26(21-12-3-2-4-13-21)16-8-15-25-23(27)18-29-24(28)17-20-11-7-10-19-9-5-6-14-22(19)20/h2-7,9-14H,8,15-18H2,1H3,(H,25,27). The maximum Gasteiger partial charge on any atom is 0.310 e. The molecule has 150 valence electrons. The molecule has 0 aromatic heterocycles. The van der Waals surface area contributed by atoms with Crippen LogP contribution in [0, 0.1) is 0 Å². The molecule has 5 nitrogen and oxygen atoms in total. The second kappa shape index (κ2) is 10.3. The summed E-state index contributed by atoms with van der Waals surface area (Å²) in [5, 5.41) is 4.90. The molecule has 0 aliphatic heterocycles. The minimum atomic E-state index is -0.402. The molecule has 0 saturated heterocycles. The Labute approximate surface area is 171 Å². The van der Waals surface area contributed by atoms with Crippen LogP contribution < -0.4 is 10.2 Å². The first-order valence-electron chi connectivity index (χ1n) is 9.78. The van der Waals surface area contributed by atoms with Gasteiger partial charge in [0.05, 0.1) is 6.42 Å². The summed E-state index contributed by atoms with van der Waals surface area (Å²) in [5.74, 6) is -0.682. The van der Waals surface area contributed by atoms with Gasteiger partial charge in [-0.15, -0.1) is 0 Å². The Kier molecular flexibility index (Phi) is 7.22. The van der Waals surface area contributed by atoms with Crippen molar-refractivity contribution in [1.29, 1.82) is 0 Å². The number of ether oxygens (including phenoxy) is 1. The second-order valence-electron chi connectivity index (χ2n) is 6.94. The van der Waals surface area contributed by atoms with Crippen LogP contribution >= 0.6 is 0 Å². The van der Waals surface area contributed by atoms with Gasteiger partial charge in [0.1, 0.15) is 0 Å². The molecule has 0 bridgehead atoms. The molecule has 0 aliphatic carbocycles. The van der Waals surface area contributed by atoms with Gasteiger partial charge in [-0.05, 0) is 34.9 Å². The molecule has 0 aliphatic rings. The highest BCUT2D eigenvalue weighted by Crippen LogP contribution is 2.19. The van der Waals surface area contributed by atoms with Gasteiger partial charge in [0, 0.05) is 25.8 Å². The number of benzene rings is 3. The van der Waals surface area contributed by atoms with Gasteiger partial charge in [0.15, 0.2) is 6.61 Å². The zero-order valence-electron chi connectivity index (χ0n) is 16.6. The summed E-state index contributed by atoms with van der Waals surface area (Å²) in [6, 6.07) is 23.8. The highest BCUT2D eigenvalue weighted by Gasteiger charge is 2.10. The van der Waals surface area contributed by atoms with E-state index in [4.69, 9.17) is 4.74 Å². The Morgan fingerprint density at radius 3 is 2.48 bits per heavy atom. The van der Waals surface area contributed by atoms with Crippen molar-refractivity contribution in [3.8, 4) is 0 Å². The average Bonchev–Trinajstić information content (AvgIpc) is 2.76. The summed E-state index contributed by atoms with van der Waals surface area (Å²) < 4.78 is 5.14. The lowest BCUT2D eigenvalue weighted by atomic mass is 10.0. The molecular formula is C24H26N2O3. The topological polar surface area (TPSA) is 58.6 Å². The van der Waals surface area contributed by atoms with Crippen LogP contribution in [0.4, 0.5) is 5.69 Å². The summed E-state index contributed by atoms with van der Waals surface area (Å²) in [7, 11) is 2.02. The molecule has 1 N–H and O–H groups in total. The third kappa shape index (κ3) is 6.07. The van der Waals surface area contributed by atoms with Crippen LogP contribution in [0.25, 0.3) is 10.8 Å². The van der Waals surface area contributed by atoms with Crippen molar-refractivity contribution >= 4 is 28.3 Å². The van der Waals surface area contributed by atoms with Gasteiger partial charge in [-0.1, -0.05) is 60.7 Å². The maximum atomic E-state index is 12.1. The number of carbonyl (C=O) groups is 2. The predicted octanol–water partition coefficient (Wildman–Crippen LogP) is 3.57. The lowest BCUT2D eigenvalue weighted by molar-refractivity contribution is -0.147. The molecule has 5 heteroatoms. The van der Waals surface area contributed by atoms with Crippen LogP contribution in [-0.4, -0.2) is 38.6 Å². The third-order valence-corrected chi connectivity index (χ3v) is 4.77. The van der Waals surface area contributed by atoms with Crippen molar-refractivity contribution in [1.82, 2.24) is 5.32 Å². The van der Waals surface area contributed by atoms with Crippen LogP contribution in [0.2, 0.25) is 0 Å². The fourth-order valence-electron chi connectivity index (χ4n) is 3.21. The Balaban J connectivity index is 1.36. The van der Waals surface area contributed by atoms with E-state index >= 15 is 0 Å². The van der Waals surface area contributed by atoms with Gasteiger partial charge in [0.2, 0.25) is 0 Å². The summed E-state index contributed by atoms with van der Waals surface area (Å²) in [5.41, 5.74) is 2.04. The highest BCUT2D eigenvalue weighted by molar-refractivity contribution is 5.89. The molecule has 0 heterocycles. The monoisotopic (exact) mass is 390 g/mol. The molecular weight excluding hydrogens is 364 g/mol. The molecule has 0 saturated carbocycles. The number of nitrogens with one attached hydrogen (secondary N) is 1. The van der Waals surface area contributed by atoms with E-state index in [9.17, 15) is 9.59 Å². The van der Waals surface area contributed by atoms with Gasteiger partial charge in [-0.25, -0.2) is 0 Å². The van der Waals surface area contributed by atoms with Gasteiger partial charge < -0.3 is 15.0 Å². The number of esters is 1. The number of carbonyl (C=O) groups excluding carboxylic acids is 2. The Morgan fingerprint density at radius 2 is 1.66 bits per heavy atom. The van der Waals surface area contributed by atoms with Crippen molar-refractivity contribution in [2.24, 2.45) is 0 Å². The second-order valence-corrected chi connectivity index (χ2v) is 6.94. The van der Waals surface area contributed by atoms with Crippen molar-refractivity contribution in [3.05, 3.63) is 78.4 Å². The Bertz CT molecular complexity index is 951. The molecule has 3 aromatic carbocycles. The number of hydrogen-bond donors (Lipinski definition) is 1. The number of amides is 1. The first-order valence-corrected chi connectivity index (χ1v) is 9.78. The van der Waals surface area contributed by atoms with Gasteiger partial charge >= 0.3 is 5.97 Å². The summed E-state index contributed by atoms with van der Waals surface area (Å²) in [4.78, 5) is 26.2. The van der Waals surface area contributed by atoms with E-state index in [2.05, 4.69) is 10.2 Å². The maximum absolute atomic E-state index is 12.1. The van der Waals surface area contributed by atoms with Gasteiger partial charge in [0.25, 0.3) is 5.91 Å². The number of rotatable bonds is 9. The molecule has 0 radical (unpaired) electrons. The average molecular weight is 390 g/mol. The summed E-state index contributed by atoms with van der Waals surface area (Å²) in [6.07, 6.45) is 0.956. The van der Waals surface area contributed by atoms with Crippen LogP contribution in [0.1, 0.15) is 12.0 Å². The lowest BCUT2D eigenvalue weighted by Gasteiger charge is -2.19. The van der Waals surface area contributed by atoms with Crippen molar-refractivity contribution in [2.45, 2.75) is 12.8 Å². The van der Waals surface area contributed by atoms with Crippen LogP contribution in [0.3, 0.4) is 0 Å². The SMILES string of the molecule is CN(CCCNC(=O)COC(=O)Cc1cccc2ccccc12)c1ccccc1. The molecule has 0 spiro atoms. The normalized spacial score (nSPS) is 10.5. The minimum absolute atomic E-state index is 0.149. The zero-order chi connectivity index (χ0) is 20.5. The van der Waals surface area contributed by atoms with E-state index in [1.165, 1.54) is 0 Å². The van der Waals surface area contributed by atoms with Crippen molar-refractivity contribution < 1.29 is 14.3 Å².